The maximum Gasteiger partial charge on any atom is 0.274 e. The first-order chi connectivity index (χ1) is 12.0. The fourth-order valence-corrected chi connectivity index (χ4v) is 2.48. The van der Waals surface area contributed by atoms with E-state index in [2.05, 4.69) is 5.10 Å². The van der Waals surface area contributed by atoms with Crippen LogP contribution >= 0.6 is 0 Å². The largest absolute Gasteiger partial charge is 0.496 e. The van der Waals surface area contributed by atoms with E-state index in [1.54, 1.807) is 26.2 Å². The summed E-state index contributed by atoms with van der Waals surface area (Å²) in [4.78, 5) is 26.2. The zero-order chi connectivity index (χ0) is 18.4. The number of ether oxygens (including phenoxy) is 2. The van der Waals surface area contributed by atoms with E-state index in [0.29, 0.717) is 18.9 Å². The molecule has 0 aliphatic heterocycles. The van der Waals surface area contributed by atoms with Crippen LogP contribution in [0.1, 0.15) is 29.0 Å². The zero-order valence-corrected chi connectivity index (χ0v) is 14.9. The Bertz CT molecular complexity index is 788. The number of carbonyl (C=O) groups excluding carboxylic acids is 1. The fourth-order valence-electron chi connectivity index (χ4n) is 2.48. The van der Waals surface area contributed by atoms with E-state index in [1.165, 1.54) is 16.8 Å². The van der Waals surface area contributed by atoms with Crippen molar-refractivity contribution < 1.29 is 14.3 Å². The highest BCUT2D eigenvalue weighted by Gasteiger charge is 2.22. The standard InChI is InChI=1S/C18H23N3O4/c1-13(14-7-5-6-8-16(14)25-4)20(2)18(23)15-9-10-17(22)21(19-15)11-12-24-3/h5-10,13H,11-12H2,1-4H3. The molecule has 0 radical (unpaired) electrons. The molecular weight excluding hydrogens is 322 g/mol. The number of aromatic nitrogens is 2. The third kappa shape index (κ3) is 4.24. The lowest BCUT2D eigenvalue weighted by molar-refractivity contribution is 0.0731. The third-order valence-electron chi connectivity index (χ3n) is 4.08. The number of hydrogen-bond donors (Lipinski definition) is 0. The Labute approximate surface area is 146 Å². The molecule has 1 heterocycles. The molecule has 7 nitrogen and oxygen atoms in total. The SMILES string of the molecule is COCCn1nc(C(=O)N(C)C(C)c2ccccc2OC)ccc1=O. The van der Waals surface area contributed by atoms with Crippen LogP contribution < -0.4 is 10.3 Å². The van der Waals surface area contributed by atoms with Gasteiger partial charge in [-0.2, -0.15) is 5.10 Å². The van der Waals surface area contributed by atoms with E-state index >= 15 is 0 Å². The fraction of sp³-hybridized carbons (Fsp3) is 0.389. The lowest BCUT2D eigenvalue weighted by Gasteiger charge is -2.26. The first kappa shape index (κ1) is 18.7. The summed E-state index contributed by atoms with van der Waals surface area (Å²) in [6.07, 6.45) is 0. The summed E-state index contributed by atoms with van der Waals surface area (Å²) in [7, 11) is 4.84. The van der Waals surface area contributed by atoms with E-state index < -0.39 is 0 Å². The van der Waals surface area contributed by atoms with E-state index in [4.69, 9.17) is 9.47 Å². The van der Waals surface area contributed by atoms with E-state index in [1.807, 2.05) is 31.2 Å². The molecule has 7 heteroatoms. The minimum absolute atomic E-state index is 0.208. The van der Waals surface area contributed by atoms with Gasteiger partial charge in [0.25, 0.3) is 11.5 Å². The average molecular weight is 345 g/mol. The molecule has 1 aromatic carbocycles. The highest BCUT2D eigenvalue weighted by atomic mass is 16.5. The molecule has 0 fully saturated rings. The molecule has 1 unspecified atom stereocenters. The zero-order valence-electron chi connectivity index (χ0n) is 14.9. The summed E-state index contributed by atoms with van der Waals surface area (Å²) in [5.74, 6) is 0.442. The predicted molar refractivity (Wildman–Crippen MR) is 93.9 cm³/mol. The number of amides is 1. The van der Waals surface area contributed by atoms with E-state index in [9.17, 15) is 9.59 Å². The lowest BCUT2D eigenvalue weighted by Crippen LogP contribution is -2.33. The number of methoxy groups -OCH3 is 2. The van der Waals surface area contributed by atoms with Gasteiger partial charge in [-0.1, -0.05) is 18.2 Å². The second-order valence-corrected chi connectivity index (χ2v) is 5.61. The smallest absolute Gasteiger partial charge is 0.274 e. The second kappa shape index (κ2) is 8.43. The van der Waals surface area contributed by atoms with Crippen LogP contribution in [-0.4, -0.2) is 48.5 Å². The maximum absolute atomic E-state index is 12.8. The number of hydrogen-bond acceptors (Lipinski definition) is 5. The molecule has 2 aromatic rings. The van der Waals surface area contributed by atoms with Crippen molar-refractivity contribution in [1.82, 2.24) is 14.7 Å². The van der Waals surface area contributed by atoms with Gasteiger partial charge >= 0.3 is 0 Å². The van der Waals surface area contributed by atoms with Crippen LogP contribution in [-0.2, 0) is 11.3 Å². The van der Waals surface area contributed by atoms with Crippen molar-refractivity contribution in [2.24, 2.45) is 0 Å². The van der Waals surface area contributed by atoms with Crippen LogP contribution in [0.15, 0.2) is 41.2 Å². The number of carbonyl (C=O) groups is 1. The topological polar surface area (TPSA) is 73.7 Å². The quantitative estimate of drug-likeness (QED) is 0.764. The summed E-state index contributed by atoms with van der Waals surface area (Å²) < 4.78 is 11.6. The molecule has 0 saturated heterocycles. The molecule has 2 rings (SSSR count). The minimum Gasteiger partial charge on any atom is -0.496 e. The van der Waals surface area contributed by atoms with Gasteiger partial charge in [0.1, 0.15) is 11.4 Å². The Balaban J connectivity index is 2.26. The monoisotopic (exact) mass is 345 g/mol. The van der Waals surface area contributed by atoms with Crippen molar-refractivity contribution >= 4 is 5.91 Å². The Morgan fingerprint density at radius 3 is 2.64 bits per heavy atom. The summed E-state index contributed by atoms with van der Waals surface area (Å²) in [6.45, 7) is 2.55. The molecule has 0 bridgehead atoms. The number of rotatable bonds is 7. The van der Waals surface area contributed by atoms with Gasteiger partial charge < -0.3 is 14.4 Å². The second-order valence-electron chi connectivity index (χ2n) is 5.61. The van der Waals surface area contributed by atoms with Gasteiger partial charge in [0.05, 0.1) is 26.3 Å². The lowest BCUT2D eigenvalue weighted by atomic mass is 10.1. The molecule has 0 saturated carbocycles. The Morgan fingerprint density at radius 1 is 1.24 bits per heavy atom. The average Bonchev–Trinajstić information content (AvgIpc) is 2.65. The maximum atomic E-state index is 12.8. The number of para-hydroxylation sites is 1. The van der Waals surface area contributed by atoms with Gasteiger partial charge in [-0.3, -0.25) is 9.59 Å². The van der Waals surface area contributed by atoms with Gasteiger partial charge in [0.2, 0.25) is 0 Å². The molecule has 1 aromatic heterocycles. The van der Waals surface area contributed by atoms with Gasteiger partial charge in [0.15, 0.2) is 0 Å². The Hall–Kier alpha value is -2.67. The van der Waals surface area contributed by atoms with Crippen LogP contribution in [0.25, 0.3) is 0 Å². The molecule has 25 heavy (non-hydrogen) atoms. The van der Waals surface area contributed by atoms with Crippen LogP contribution in [0.4, 0.5) is 0 Å². The summed E-state index contributed by atoms with van der Waals surface area (Å²) in [6, 6.07) is 10.1. The highest BCUT2D eigenvalue weighted by Crippen LogP contribution is 2.28. The molecule has 134 valence electrons. The van der Waals surface area contributed by atoms with Crippen molar-refractivity contribution in [2.45, 2.75) is 19.5 Å². The molecule has 0 aliphatic rings. The van der Waals surface area contributed by atoms with Crippen molar-refractivity contribution in [3.8, 4) is 5.75 Å². The van der Waals surface area contributed by atoms with Gasteiger partial charge in [0, 0.05) is 25.8 Å². The summed E-state index contributed by atoms with van der Waals surface area (Å²) in [5.41, 5.74) is 0.836. The van der Waals surface area contributed by atoms with Crippen LogP contribution in [0.3, 0.4) is 0 Å². The van der Waals surface area contributed by atoms with E-state index in [-0.39, 0.29) is 23.2 Å². The van der Waals surface area contributed by atoms with Crippen molar-refractivity contribution in [1.29, 1.82) is 0 Å². The summed E-state index contributed by atoms with van der Waals surface area (Å²) in [5, 5.41) is 4.15. The normalized spacial score (nSPS) is 11.8. The summed E-state index contributed by atoms with van der Waals surface area (Å²) >= 11 is 0. The highest BCUT2D eigenvalue weighted by molar-refractivity contribution is 5.92. The molecule has 0 spiro atoms. The van der Waals surface area contributed by atoms with E-state index in [0.717, 1.165) is 5.56 Å². The molecule has 0 N–H and O–H groups in total. The first-order valence-corrected chi connectivity index (χ1v) is 7.96. The molecule has 1 amide bonds. The molecule has 0 aliphatic carbocycles. The predicted octanol–water partition coefficient (Wildman–Crippen LogP) is 1.73. The third-order valence-corrected chi connectivity index (χ3v) is 4.08. The molecule has 1 atom stereocenters. The number of nitrogens with zero attached hydrogens (tertiary/aromatic N) is 3. The van der Waals surface area contributed by atoms with Gasteiger partial charge in [-0.05, 0) is 19.1 Å². The van der Waals surface area contributed by atoms with Crippen molar-refractivity contribution in [3.05, 3.63) is 58.0 Å². The van der Waals surface area contributed by atoms with Gasteiger partial charge in [-0.15, -0.1) is 0 Å². The Morgan fingerprint density at radius 2 is 1.96 bits per heavy atom. The first-order valence-electron chi connectivity index (χ1n) is 7.96. The van der Waals surface area contributed by atoms with Crippen molar-refractivity contribution in [3.63, 3.8) is 0 Å². The van der Waals surface area contributed by atoms with Gasteiger partial charge in [-0.25, -0.2) is 4.68 Å². The molecular formula is C18H23N3O4. The van der Waals surface area contributed by atoms with Crippen molar-refractivity contribution in [2.75, 3.05) is 27.9 Å². The van der Waals surface area contributed by atoms with Crippen LogP contribution in [0, 0.1) is 0 Å². The minimum atomic E-state index is -0.274. The number of benzene rings is 1. The van der Waals surface area contributed by atoms with Crippen LogP contribution in [0.2, 0.25) is 0 Å². The van der Waals surface area contributed by atoms with Crippen LogP contribution in [0.5, 0.6) is 5.75 Å². The Kier molecular flexibility index (Phi) is 6.30.